The van der Waals surface area contributed by atoms with E-state index in [1.165, 1.54) is 24.3 Å². The van der Waals surface area contributed by atoms with Crippen molar-refractivity contribution in [1.82, 2.24) is 10.6 Å². The van der Waals surface area contributed by atoms with Gasteiger partial charge in [-0.3, -0.25) is 4.79 Å². The number of ether oxygens (including phenoxy) is 1. The average Bonchev–Trinajstić information content (AvgIpc) is 2.83. The van der Waals surface area contributed by atoms with E-state index in [-0.39, 0.29) is 30.1 Å². The van der Waals surface area contributed by atoms with Crippen LogP contribution < -0.4 is 15.4 Å². The number of fused-ring (bicyclic) bond motifs is 1. The molecule has 4 nitrogen and oxygen atoms in total. The Bertz CT molecular complexity index is 474. The van der Waals surface area contributed by atoms with Gasteiger partial charge in [-0.15, -0.1) is 12.4 Å². The number of benzene rings is 1. The van der Waals surface area contributed by atoms with Gasteiger partial charge in [-0.05, 0) is 36.1 Å². The van der Waals surface area contributed by atoms with Gasteiger partial charge in [-0.25, -0.2) is 0 Å². The largest absolute Gasteiger partial charge is 0.435 e. The number of hydrogen-bond acceptors (Lipinski definition) is 3. The maximum atomic E-state index is 12.0. The van der Waals surface area contributed by atoms with Crippen LogP contribution in [-0.2, 0) is 0 Å². The number of carbonyl (C=O) groups excluding carboxylic acids is 1. The smallest absolute Gasteiger partial charge is 0.387 e. The van der Waals surface area contributed by atoms with Crippen LogP contribution in [0.1, 0.15) is 10.4 Å². The zero-order valence-electron chi connectivity index (χ0n) is 10.5. The molecule has 1 aromatic carbocycles. The Morgan fingerprint density at radius 1 is 1.25 bits per heavy atom. The van der Waals surface area contributed by atoms with Crippen molar-refractivity contribution in [3.05, 3.63) is 29.8 Å². The molecule has 1 aliphatic carbocycles. The second-order valence-electron chi connectivity index (χ2n) is 4.89. The van der Waals surface area contributed by atoms with E-state index in [2.05, 4.69) is 15.4 Å². The van der Waals surface area contributed by atoms with Gasteiger partial charge in [0.25, 0.3) is 5.91 Å². The fourth-order valence-corrected chi connectivity index (χ4v) is 2.65. The van der Waals surface area contributed by atoms with Crippen LogP contribution in [0.15, 0.2) is 24.3 Å². The lowest BCUT2D eigenvalue weighted by Gasteiger charge is -2.08. The lowest BCUT2D eigenvalue weighted by Crippen LogP contribution is -2.32. The quantitative estimate of drug-likeness (QED) is 0.889. The number of piperidine rings is 1. The summed E-state index contributed by atoms with van der Waals surface area (Å²) in [5.41, 5.74) is 0.458. The minimum Gasteiger partial charge on any atom is -0.435 e. The Balaban J connectivity index is 0.00000147. The van der Waals surface area contributed by atoms with E-state index in [0.717, 1.165) is 13.1 Å². The minimum atomic E-state index is -2.85. The predicted octanol–water partition coefficient (Wildman–Crippen LogP) is 1.66. The van der Waals surface area contributed by atoms with Crippen molar-refractivity contribution >= 4 is 18.3 Å². The van der Waals surface area contributed by atoms with Crippen LogP contribution in [0.3, 0.4) is 0 Å². The van der Waals surface area contributed by atoms with Crippen molar-refractivity contribution in [2.45, 2.75) is 12.7 Å². The first-order valence-electron chi connectivity index (χ1n) is 6.21. The van der Waals surface area contributed by atoms with Crippen LogP contribution in [0, 0.1) is 11.8 Å². The summed E-state index contributed by atoms with van der Waals surface area (Å²) in [4.78, 5) is 11.9. The fraction of sp³-hybridized carbons (Fsp3) is 0.462. The number of nitrogens with one attached hydrogen (secondary N) is 2. The lowest BCUT2D eigenvalue weighted by atomic mass is 10.2. The molecule has 0 spiro atoms. The van der Waals surface area contributed by atoms with E-state index in [1.54, 1.807) is 0 Å². The first-order valence-corrected chi connectivity index (χ1v) is 6.21. The Morgan fingerprint density at radius 3 is 2.40 bits per heavy atom. The lowest BCUT2D eigenvalue weighted by molar-refractivity contribution is -0.0498. The third-order valence-electron chi connectivity index (χ3n) is 3.73. The summed E-state index contributed by atoms with van der Waals surface area (Å²) in [6, 6.07) is 5.98. The highest BCUT2D eigenvalue weighted by molar-refractivity contribution is 5.94. The van der Waals surface area contributed by atoms with E-state index >= 15 is 0 Å². The topological polar surface area (TPSA) is 50.4 Å². The van der Waals surface area contributed by atoms with Gasteiger partial charge in [0.15, 0.2) is 0 Å². The molecule has 110 valence electrons. The highest BCUT2D eigenvalue weighted by Gasteiger charge is 2.53. The summed E-state index contributed by atoms with van der Waals surface area (Å²) in [5.74, 6) is 0.984. The second kappa shape index (κ2) is 5.93. The first kappa shape index (κ1) is 15.0. The standard InChI is InChI=1S/C13H14F2N2O2.ClH/c14-13(15)19-8-3-1-7(2-4-8)12(18)17-11-9-5-16-6-10(9)11;/h1-4,9-11,13,16H,5-6H2,(H,17,18);1H. The van der Waals surface area contributed by atoms with Gasteiger partial charge in [0.2, 0.25) is 0 Å². The molecule has 0 aromatic heterocycles. The van der Waals surface area contributed by atoms with Gasteiger partial charge in [-0.2, -0.15) is 8.78 Å². The van der Waals surface area contributed by atoms with E-state index in [0.29, 0.717) is 17.4 Å². The van der Waals surface area contributed by atoms with Crippen molar-refractivity contribution in [3.63, 3.8) is 0 Å². The van der Waals surface area contributed by atoms with Gasteiger partial charge >= 0.3 is 6.61 Å². The Kier molecular flexibility index (Phi) is 4.45. The molecular formula is C13H15ClF2N2O2. The van der Waals surface area contributed by atoms with Crippen LogP contribution in [-0.4, -0.2) is 31.7 Å². The second-order valence-corrected chi connectivity index (χ2v) is 4.89. The first-order chi connectivity index (χ1) is 9.15. The van der Waals surface area contributed by atoms with Crippen LogP contribution in [0.2, 0.25) is 0 Å². The molecule has 0 radical (unpaired) electrons. The molecule has 2 N–H and O–H groups in total. The van der Waals surface area contributed by atoms with Crippen LogP contribution in [0.4, 0.5) is 8.78 Å². The molecular weight excluding hydrogens is 290 g/mol. The molecule has 2 aliphatic rings. The zero-order valence-corrected chi connectivity index (χ0v) is 11.3. The summed E-state index contributed by atoms with van der Waals surface area (Å²) in [7, 11) is 0. The Morgan fingerprint density at radius 2 is 1.85 bits per heavy atom. The van der Waals surface area contributed by atoms with Crippen molar-refractivity contribution in [2.75, 3.05) is 13.1 Å². The van der Waals surface area contributed by atoms with Gasteiger partial charge in [0, 0.05) is 24.7 Å². The van der Waals surface area contributed by atoms with E-state index in [9.17, 15) is 13.6 Å². The highest BCUT2D eigenvalue weighted by Crippen LogP contribution is 2.41. The van der Waals surface area contributed by atoms with Gasteiger partial charge in [0.1, 0.15) is 5.75 Å². The molecule has 1 saturated carbocycles. The Hall–Kier alpha value is -1.40. The van der Waals surface area contributed by atoms with Gasteiger partial charge in [-0.1, -0.05) is 0 Å². The monoisotopic (exact) mass is 304 g/mol. The maximum Gasteiger partial charge on any atom is 0.387 e. The van der Waals surface area contributed by atoms with Gasteiger partial charge in [0.05, 0.1) is 0 Å². The number of rotatable bonds is 4. The van der Waals surface area contributed by atoms with E-state index in [4.69, 9.17) is 0 Å². The predicted molar refractivity (Wildman–Crippen MR) is 71.4 cm³/mol. The van der Waals surface area contributed by atoms with Crippen LogP contribution in [0.25, 0.3) is 0 Å². The number of hydrogen-bond donors (Lipinski definition) is 2. The number of alkyl halides is 2. The van der Waals surface area contributed by atoms with Gasteiger partial charge < -0.3 is 15.4 Å². The molecule has 1 aromatic rings. The molecule has 1 saturated heterocycles. The molecule has 7 heteroatoms. The normalized spacial score (nSPS) is 26.6. The zero-order chi connectivity index (χ0) is 13.4. The van der Waals surface area contributed by atoms with Crippen molar-refractivity contribution < 1.29 is 18.3 Å². The van der Waals surface area contributed by atoms with Crippen molar-refractivity contribution in [2.24, 2.45) is 11.8 Å². The highest BCUT2D eigenvalue weighted by atomic mass is 35.5. The number of halogens is 3. The molecule has 1 aliphatic heterocycles. The van der Waals surface area contributed by atoms with Crippen LogP contribution in [0.5, 0.6) is 5.75 Å². The van der Waals surface area contributed by atoms with Crippen molar-refractivity contribution in [1.29, 1.82) is 0 Å². The molecule has 2 atom stereocenters. The molecule has 0 bridgehead atoms. The van der Waals surface area contributed by atoms with Crippen molar-refractivity contribution in [3.8, 4) is 5.75 Å². The third-order valence-corrected chi connectivity index (χ3v) is 3.73. The third kappa shape index (κ3) is 3.02. The molecule has 1 amide bonds. The molecule has 1 heterocycles. The van der Waals surface area contributed by atoms with E-state index in [1.807, 2.05) is 0 Å². The number of amides is 1. The minimum absolute atomic E-state index is 0. The molecule has 3 rings (SSSR count). The molecule has 20 heavy (non-hydrogen) atoms. The van der Waals surface area contributed by atoms with E-state index < -0.39 is 6.61 Å². The molecule has 2 unspecified atom stereocenters. The van der Waals surface area contributed by atoms with Crippen LogP contribution >= 0.6 is 12.4 Å². The average molecular weight is 305 g/mol. The Labute approximate surface area is 121 Å². The maximum absolute atomic E-state index is 12.0. The summed E-state index contributed by atoms with van der Waals surface area (Å²) in [5, 5.41) is 6.22. The molecule has 2 fully saturated rings. The summed E-state index contributed by atoms with van der Waals surface area (Å²) in [6.45, 7) is -0.939. The summed E-state index contributed by atoms with van der Waals surface area (Å²) >= 11 is 0. The summed E-state index contributed by atoms with van der Waals surface area (Å²) < 4.78 is 28.2. The summed E-state index contributed by atoms with van der Waals surface area (Å²) in [6.07, 6.45) is 0. The fourth-order valence-electron chi connectivity index (χ4n) is 2.65. The number of carbonyl (C=O) groups is 1. The SMILES string of the molecule is Cl.O=C(NC1C2CNCC21)c1ccc(OC(F)F)cc1.